The van der Waals surface area contributed by atoms with Gasteiger partial charge in [-0.25, -0.2) is 0 Å². The Balaban J connectivity index is 1.67. The van der Waals surface area contributed by atoms with Crippen LogP contribution in [-0.2, 0) is 16.6 Å². The number of aryl methyl sites for hydroxylation is 1. The van der Waals surface area contributed by atoms with Gasteiger partial charge in [0.15, 0.2) is 5.82 Å². The smallest absolute Gasteiger partial charge is 0.227 e. The molecule has 6 nitrogen and oxygen atoms in total. The highest BCUT2D eigenvalue weighted by molar-refractivity contribution is 5.77. The fraction of sp³-hybridized carbons (Fsp3) is 0.600. The highest BCUT2D eigenvalue weighted by Crippen LogP contribution is 2.30. The summed E-state index contributed by atoms with van der Waals surface area (Å²) in [5.74, 6) is 1.38. The van der Waals surface area contributed by atoms with Gasteiger partial charge in [0.2, 0.25) is 11.8 Å². The van der Waals surface area contributed by atoms with Crippen molar-refractivity contribution in [3.05, 3.63) is 41.8 Å². The molecule has 1 unspecified atom stereocenters. The van der Waals surface area contributed by atoms with Crippen molar-refractivity contribution in [1.82, 2.24) is 20.0 Å². The maximum Gasteiger partial charge on any atom is 0.227 e. The van der Waals surface area contributed by atoms with Crippen LogP contribution in [0.5, 0.6) is 0 Å². The van der Waals surface area contributed by atoms with Crippen LogP contribution in [0.3, 0.4) is 0 Å². The molecule has 3 rings (SSSR count). The van der Waals surface area contributed by atoms with Crippen molar-refractivity contribution in [3.63, 3.8) is 0 Å². The van der Waals surface area contributed by atoms with Crippen LogP contribution in [0.25, 0.3) is 0 Å². The fourth-order valence-corrected chi connectivity index (χ4v) is 3.36. The second kappa shape index (κ2) is 7.98. The van der Waals surface area contributed by atoms with E-state index in [0.29, 0.717) is 24.6 Å². The summed E-state index contributed by atoms with van der Waals surface area (Å²) in [6.45, 7) is 6.94. The Labute approximate surface area is 155 Å². The lowest BCUT2D eigenvalue weighted by Gasteiger charge is -2.30. The van der Waals surface area contributed by atoms with Crippen LogP contribution in [0.1, 0.15) is 76.2 Å². The molecule has 1 aliphatic rings. The number of rotatable bonds is 4. The van der Waals surface area contributed by atoms with Crippen LogP contribution in [0.2, 0.25) is 0 Å². The Morgan fingerprint density at radius 2 is 2.00 bits per heavy atom. The van der Waals surface area contributed by atoms with E-state index >= 15 is 0 Å². The van der Waals surface area contributed by atoms with E-state index in [1.54, 1.807) is 12.4 Å². The lowest BCUT2D eigenvalue weighted by atomic mass is 9.96. The van der Waals surface area contributed by atoms with Gasteiger partial charge in [0, 0.05) is 37.2 Å². The average molecular weight is 356 g/mol. The molecule has 2 aromatic heterocycles. The third-order valence-corrected chi connectivity index (χ3v) is 4.86. The van der Waals surface area contributed by atoms with Gasteiger partial charge in [0.1, 0.15) is 0 Å². The number of amides is 1. The number of hydrogen-bond acceptors (Lipinski definition) is 5. The zero-order valence-corrected chi connectivity index (χ0v) is 15.9. The molecule has 0 spiro atoms. The van der Waals surface area contributed by atoms with Crippen molar-refractivity contribution in [2.75, 3.05) is 6.54 Å². The predicted octanol–water partition coefficient (Wildman–Crippen LogP) is 3.84. The topological polar surface area (TPSA) is 72.1 Å². The maximum atomic E-state index is 12.9. The molecule has 0 bridgehead atoms. The van der Waals surface area contributed by atoms with Crippen molar-refractivity contribution in [3.8, 4) is 0 Å². The van der Waals surface area contributed by atoms with E-state index in [9.17, 15) is 4.79 Å². The number of pyridine rings is 1. The van der Waals surface area contributed by atoms with E-state index < -0.39 is 0 Å². The molecule has 2 aromatic rings. The van der Waals surface area contributed by atoms with Crippen molar-refractivity contribution >= 4 is 5.91 Å². The van der Waals surface area contributed by atoms with Gasteiger partial charge in [-0.05, 0) is 30.5 Å². The third-order valence-electron chi connectivity index (χ3n) is 4.86. The molecule has 3 heterocycles. The summed E-state index contributed by atoms with van der Waals surface area (Å²) in [5.41, 5.74) is 1.02. The van der Waals surface area contributed by atoms with Crippen molar-refractivity contribution in [2.45, 2.75) is 70.8 Å². The molecule has 1 aliphatic heterocycles. The van der Waals surface area contributed by atoms with Gasteiger partial charge >= 0.3 is 0 Å². The van der Waals surface area contributed by atoms with Gasteiger partial charge in [-0.15, -0.1) is 0 Å². The quantitative estimate of drug-likeness (QED) is 0.832. The molecule has 1 atom stereocenters. The monoisotopic (exact) mass is 356 g/mol. The first kappa shape index (κ1) is 18.5. The minimum absolute atomic E-state index is 0.140. The first-order valence-electron chi connectivity index (χ1n) is 9.47. The zero-order chi connectivity index (χ0) is 18.6. The number of likely N-dealkylation sites (tertiary alicyclic amines) is 1. The van der Waals surface area contributed by atoms with E-state index in [-0.39, 0.29) is 17.4 Å². The van der Waals surface area contributed by atoms with Gasteiger partial charge < -0.3 is 9.42 Å². The van der Waals surface area contributed by atoms with Crippen LogP contribution in [0.4, 0.5) is 0 Å². The molecule has 6 heteroatoms. The summed E-state index contributed by atoms with van der Waals surface area (Å²) >= 11 is 0. The van der Waals surface area contributed by atoms with E-state index in [0.717, 1.165) is 25.8 Å². The summed E-state index contributed by atoms with van der Waals surface area (Å²) in [6, 6.07) is 4.18. The van der Waals surface area contributed by atoms with Crippen LogP contribution in [0.15, 0.2) is 29.0 Å². The molecule has 1 saturated heterocycles. The Kier molecular flexibility index (Phi) is 5.69. The molecular weight excluding hydrogens is 328 g/mol. The van der Waals surface area contributed by atoms with Crippen molar-refractivity contribution in [1.29, 1.82) is 0 Å². The molecule has 0 radical (unpaired) electrons. The number of carbonyl (C=O) groups excluding carboxylic acids is 1. The minimum atomic E-state index is -0.150. The molecule has 140 valence electrons. The lowest BCUT2D eigenvalue weighted by Crippen LogP contribution is -2.35. The third kappa shape index (κ3) is 4.48. The number of nitrogens with zero attached hydrogens (tertiary/aromatic N) is 4. The molecule has 0 saturated carbocycles. The summed E-state index contributed by atoms with van der Waals surface area (Å²) in [6.07, 6.45) is 8.87. The van der Waals surface area contributed by atoms with Crippen molar-refractivity contribution < 1.29 is 9.32 Å². The van der Waals surface area contributed by atoms with Gasteiger partial charge in [-0.1, -0.05) is 38.8 Å². The molecule has 0 aliphatic carbocycles. The Bertz CT molecular complexity index is 721. The summed E-state index contributed by atoms with van der Waals surface area (Å²) in [5, 5.41) is 4.04. The first-order valence-corrected chi connectivity index (χ1v) is 9.47. The first-order chi connectivity index (χ1) is 12.4. The maximum absolute atomic E-state index is 12.9. The SMILES string of the molecule is CC(C)(C)c1noc(CCC(=O)N2CCCCCC2c2ccncc2)n1. The van der Waals surface area contributed by atoms with Gasteiger partial charge in [0.25, 0.3) is 0 Å². The standard InChI is InChI=1S/C20H28N4O2/c1-20(2,3)19-22-17(26-23-19)8-9-18(25)24-14-6-4-5-7-16(24)15-10-12-21-13-11-15/h10-13,16H,4-9,14H2,1-3H3. The molecule has 1 fully saturated rings. The van der Waals surface area contributed by atoms with Gasteiger partial charge in [0.05, 0.1) is 6.04 Å². The summed E-state index contributed by atoms with van der Waals surface area (Å²) < 4.78 is 5.32. The summed E-state index contributed by atoms with van der Waals surface area (Å²) in [4.78, 5) is 23.5. The molecule has 1 amide bonds. The largest absolute Gasteiger partial charge is 0.339 e. The van der Waals surface area contributed by atoms with Gasteiger partial charge in [-0.3, -0.25) is 9.78 Å². The van der Waals surface area contributed by atoms with Crippen LogP contribution in [-0.4, -0.2) is 32.5 Å². The average Bonchev–Trinajstić information content (AvgIpc) is 2.97. The summed E-state index contributed by atoms with van der Waals surface area (Å²) in [7, 11) is 0. The normalized spacial score (nSPS) is 18.6. The van der Waals surface area contributed by atoms with Crippen LogP contribution < -0.4 is 0 Å². The van der Waals surface area contributed by atoms with Crippen LogP contribution in [0, 0.1) is 0 Å². The molecular formula is C20H28N4O2. The Hall–Kier alpha value is -2.24. The second-order valence-electron chi connectivity index (χ2n) is 7.99. The van der Waals surface area contributed by atoms with E-state index in [1.165, 1.54) is 12.0 Å². The highest BCUT2D eigenvalue weighted by Gasteiger charge is 2.27. The number of aromatic nitrogens is 3. The van der Waals surface area contributed by atoms with Gasteiger partial charge in [-0.2, -0.15) is 4.98 Å². The predicted molar refractivity (Wildman–Crippen MR) is 98.5 cm³/mol. The van der Waals surface area contributed by atoms with E-state index in [4.69, 9.17) is 4.52 Å². The lowest BCUT2D eigenvalue weighted by molar-refractivity contribution is -0.133. The second-order valence-corrected chi connectivity index (χ2v) is 7.99. The number of carbonyl (C=O) groups is 1. The Morgan fingerprint density at radius 3 is 2.69 bits per heavy atom. The van der Waals surface area contributed by atoms with Crippen LogP contribution >= 0.6 is 0 Å². The van der Waals surface area contributed by atoms with E-state index in [1.807, 2.05) is 37.8 Å². The Morgan fingerprint density at radius 1 is 1.23 bits per heavy atom. The molecule has 26 heavy (non-hydrogen) atoms. The van der Waals surface area contributed by atoms with Crippen molar-refractivity contribution in [2.24, 2.45) is 0 Å². The fourth-order valence-electron chi connectivity index (χ4n) is 3.36. The minimum Gasteiger partial charge on any atom is -0.339 e. The molecule has 0 aromatic carbocycles. The molecule has 0 N–H and O–H groups in total. The zero-order valence-electron chi connectivity index (χ0n) is 15.9. The number of hydrogen-bond donors (Lipinski definition) is 0. The van der Waals surface area contributed by atoms with E-state index in [2.05, 4.69) is 15.1 Å². The highest BCUT2D eigenvalue weighted by atomic mass is 16.5.